The Morgan fingerprint density at radius 1 is 0.706 bits per heavy atom. The molecule has 17 heavy (non-hydrogen) atoms. The van der Waals surface area contributed by atoms with Crippen molar-refractivity contribution in [2.24, 2.45) is 0 Å². The van der Waals surface area contributed by atoms with Crippen LogP contribution in [0, 0.1) is 0 Å². The first-order valence-corrected chi connectivity index (χ1v) is 11.9. The molecule has 0 atom stereocenters. The van der Waals surface area contributed by atoms with E-state index >= 15 is 0 Å². The third-order valence-electron chi connectivity index (χ3n) is 1.06. The van der Waals surface area contributed by atoms with Crippen LogP contribution in [0.3, 0.4) is 0 Å². The molecule has 0 heterocycles. The van der Waals surface area contributed by atoms with Crippen LogP contribution in [-0.4, -0.2) is 36.7 Å². The van der Waals surface area contributed by atoms with E-state index in [0.717, 1.165) is 17.3 Å². The van der Waals surface area contributed by atoms with Gasteiger partial charge in [0.25, 0.3) is 0 Å². The van der Waals surface area contributed by atoms with E-state index < -0.39 is 19.5 Å². The fourth-order valence-electron chi connectivity index (χ4n) is 0.704. The molecule has 0 saturated heterocycles. The summed E-state index contributed by atoms with van der Waals surface area (Å²) in [4.78, 5) is 0. The molecule has 104 valence electrons. The molecule has 0 aromatic carbocycles. The number of rotatable bonds is 6. The second-order valence-electron chi connectivity index (χ2n) is 2.94. The standard InChI is InChI=1S/C9H15S.6FH.Sb/c1-4-7-10(8-5-2)9-6-3;;;;;;;/h4-6H,1-3,7-9H2;6*1H;/q+1;;;;;;;+5/p-6. The van der Waals surface area contributed by atoms with Gasteiger partial charge in [-0.2, -0.15) is 0 Å². The normalized spacial score (nSPS) is 15.0. The SMILES string of the molecule is C=CC[S+](CC=C)CC=C.[F][Sb-]([F])([F])([F])([F])[F]. The van der Waals surface area contributed by atoms with Crippen LogP contribution in [0.5, 0.6) is 0 Å². The summed E-state index contributed by atoms with van der Waals surface area (Å²) in [5.74, 6) is 3.29. The predicted molar refractivity (Wildman–Crippen MR) is 65.0 cm³/mol. The third-order valence-corrected chi connectivity index (χ3v) is 3.18. The second-order valence-corrected chi connectivity index (χ2v) is 10.6. The van der Waals surface area contributed by atoms with Crippen LogP contribution in [0.2, 0.25) is 0 Å². The van der Waals surface area contributed by atoms with Gasteiger partial charge in [0.05, 0.1) is 0 Å². The zero-order valence-electron chi connectivity index (χ0n) is 9.10. The van der Waals surface area contributed by atoms with Crippen LogP contribution in [0.25, 0.3) is 0 Å². The van der Waals surface area contributed by atoms with E-state index in [1.54, 1.807) is 0 Å². The Hall–Kier alpha value is -0.0318. The molecule has 0 amide bonds. The second kappa shape index (κ2) is 6.23. The summed E-state index contributed by atoms with van der Waals surface area (Å²) in [6.07, 6.45) is 5.91. The number of halogens is 6. The van der Waals surface area contributed by atoms with E-state index in [0.29, 0.717) is 10.9 Å². The first-order chi connectivity index (χ1) is 7.30. The van der Waals surface area contributed by atoms with E-state index in [1.807, 2.05) is 18.2 Å². The van der Waals surface area contributed by atoms with Gasteiger partial charge in [-0.05, 0) is 29.1 Å². The molecule has 8 heteroatoms. The van der Waals surface area contributed by atoms with Crippen LogP contribution in [0.4, 0.5) is 16.9 Å². The summed E-state index contributed by atoms with van der Waals surface area (Å²) in [7, 11) is 0.421. The van der Waals surface area contributed by atoms with E-state index in [2.05, 4.69) is 19.7 Å². The molecule has 0 aromatic rings. The topological polar surface area (TPSA) is 0 Å². The van der Waals surface area contributed by atoms with Crippen LogP contribution in [0.15, 0.2) is 38.0 Å². The molecule has 0 aliphatic heterocycles. The van der Waals surface area contributed by atoms with Crippen molar-refractivity contribution in [3.05, 3.63) is 38.0 Å². The molecule has 0 aliphatic carbocycles. The Morgan fingerprint density at radius 3 is 1.00 bits per heavy atom. The maximum absolute atomic E-state index is 11.2. The Labute approximate surface area is 102 Å². The summed E-state index contributed by atoms with van der Waals surface area (Å²) in [5, 5.41) is 0. The van der Waals surface area contributed by atoms with E-state index in [9.17, 15) is 16.9 Å². The first kappa shape index (κ1) is 19.3. The van der Waals surface area contributed by atoms with Crippen LogP contribution < -0.4 is 0 Å². The molecule has 0 aromatic heterocycles. The monoisotopic (exact) mass is 390 g/mol. The van der Waals surface area contributed by atoms with Gasteiger partial charge >= 0.3 is 36.4 Å². The average Bonchev–Trinajstić information content (AvgIpc) is 1.99. The molecule has 0 rings (SSSR count). The summed E-state index contributed by atoms with van der Waals surface area (Å²) < 4.78 is 59.6. The molecular formula is C9H15F6SSb. The molecule has 0 bridgehead atoms. The van der Waals surface area contributed by atoms with Gasteiger partial charge in [-0.3, -0.25) is 0 Å². The molecule has 0 fully saturated rings. The zero-order valence-corrected chi connectivity index (χ0v) is 12.5. The van der Waals surface area contributed by atoms with E-state index in [-0.39, 0.29) is 0 Å². The Kier molecular flexibility index (Phi) is 7.07. The fourth-order valence-corrected chi connectivity index (χ4v) is 2.11. The van der Waals surface area contributed by atoms with Crippen molar-refractivity contribution in [1.29, 1.82) is 0 Å². The third kappa shape index (κ3) is 38.7. The van der Waals surface area contributed by atoms with Gasteiger partial charge in [-0.25, -0.2) is 0 Å². The minimum absolute atomic E-state index is 0.421. The van der Waals surface area contributed by atoms with Crippen LogP contribution in [0.1, 0.15) is 0 Å². The molecule has 0 N–H and O–H groups in total. The quantitative estimate of drug-likeness (QED) is 0.274. The molecule has 0 unspecified atom stereocenters. The van der Waals surface area contributed by atoms with Crippen molar-refractivity contribution < 1.29 is 16.9 Å². The fraction of sp³-hybridized carbons (Fsp3) is 0.333. The summed E-state index contributed by atoms with van der Waals surface area (Å²) >= 11 is -11.2. The Bertz CT molecular complexity index is 231. The Balaban J connectivity index is 0. The number of hydrogen-bond acceptors (Lipinski definition) is 0. The average molecular weight is 391 g/mol. The predicted octanol–water partition coefficient (Wildman–Crippen LogP) is 4.30. The van der Waals surface area contributed by atoms with E-state index in [4.69, 9.17) is 0 Å². The summed E-state index contributed by atoms with van der Waals surface area (Å²) in [5.41, 5.74) is 0. The Morgan fingerprint density at radius 2 is 0.882 bits per heavy atom. The molecular weight excluding hydrogens is 376 g/mol. The first-order valence-electron chi connectivity index (χ1n) is 4.33. The van der Waals surface area contributed by atoms with Gasteiger partial charge in [0.15, 0.2) is 0 Å². The van der Waals surface area contributed by atoms with Crippen molar-refractivity contribution in [3.8, 4) is 0 Å². The van der Waals surface area contributed by atoms with Crippen LogP contribution >= 0.6 is 0 Å². The molecule has 0 aliphatic rings. The van der Waals surface area contributed by atoms with E-state index in [1.165, 1.54) is 0 Å². The molecule has 0 saturated carbocycles. The van der Waals surface area contributed by atoms with Gasteiger partial charge in [0.2, 0.25) is 0 Å². The molecule has 0 radical (unpaired) electrons. The molecule has 0 nitrogen and oxygen atoms in total. The van der Waals surface area contributed by atoms with Crippen molar-refractivity contribution in [3.63, 3.8) is 0 Å². The van der Waals surface area contributed by atoms with Gasteiger partial charge in [0, 0.05) is 0 Å². The van der Waals surface area contributed by atoms with Gasteiger partial charge in [-0.15, -0.1) is 0 Å². The van der Waals surface area contributed by atoms with Crippen LogP contribution in [-0.2, 0) is 10.9 Å². The van der Waals surface area contributed by atoms with Crippen molar-refractivity contribution in [2.45, 2.75) is 0 Å². The van der Waals surface area contributed by atoms with Crippen molar-refractivity contribution >= 4 is 30.4 Å². The minimum atomic E-state index is -11.2. The van der Waals surface area contributed by atoms with Gasteiger partial charge in [0.1, 0.15) is 17.3 Å². The summed E-state index contributed by atoms with van der Waals surface area (Å²) in [6, 6.07) is 0. The van der Waals surface area contributed by atoms with Gasteiger partial charge < -0.3 is 0 Å². The maximum atomic E-state index is 9.93. The molecule has 0 spiro atoms. The summed E-state index contributed by atoms with van der Waals surface area (Å²) in [6.45, 7) is 11.1. The van der Waals surface area contributed by atoms with Gasteiger partial charge in [-0.1, -0.05) is 19.7 Å². The zero-order chi connectivity index (χ0) is 14.2. The number of hydrogen-bond donors (Lipinski definition) is 0. The van der Waals surface area contributed by atoms with Crippen molar-refractivity contribution in [2.75, 3.05) is 17.3 Å². The van der Waals surface area contributed by atoms with Crippen molar-refractivity contribution in [1.82, 2.24) is 0 Å².